The summed E-state index contributed by atoms with van der Waals surface area (Å²) in [4.78, 5) is 9.10. The molecule has 0 saturated carbocycles. The van der Waals surface area contributed by atoms with Crippen molar-refractivity contribution in [3.05, 3.63) is 42.3 Å². The molecule has 4 nitrogen and oxygen atoms in total. The molecule has 4 heteroatoms. The maximum atomic E-state index is 5.30. The Kier molecular flexibility index (Phi) is 4.14. The number of piperazine rings is 1. The number of rotatable bonds is 4. The Morgan fingerprint density at radius 3 is 2.50 bits per heavy atom. The van der Waals surface area contributed by atoms with Crippen LogP contribution in [0.4, 0.5) is 0 Å². The van der Waals surface area contributed by atoms with E-state index in [4.69, 9.17) is 4.42 Å². The van der Waals surface area contributed by atoms with Crippen LogP contribution < -0.4 is 0 Å². The van der Waals surface area contributed by atoms with E-state index in [1.807, 2.05) is 0 Å². The molecule has 1 aromatic heterocycles. The summed E-state index contributed by atoms with van der Waals surface area (Å²) in [6.45, 7) is 5.88. The minimum atomic E-state index is 0.690. The van der Waals surface area contributed by atoms with Gasteiger partial charge in [-0.15, -0.1) is 0 Å². The summed E-state index contributed by atoms with van der Waals surface area (Å²) in [7, 11) is 2.19. The third-order valence-electron chi connectivity index (χ3n) is 3.95. The fraction of sp³-hybridized carbons (Fsp3) is 0.438. The van der Waals surface area contributed by atoms with Gasteiger partial charge in [0.25, 0.3) is 0 Å². The van der Waals surface area contributed by atoms with Crippen molar-refractivity contribution in [2.75, 3.05) is 39.8 Å². The molecule has 1 saturated heterocycles. The molecule has 1 aliphatic rings. The Balaban J connectivity index is 1.53. The van der Waals surface area contributed by atoms with E-state index in [0.29, 0.717) is 5.89 Å². The van der Waals surface area contributed by atoms with E-state index in [2.05, 4.69) is 46.1 Å². The fourth-order valence-electron chi connectivity index (χ4n) is 2.54. The Morgan fingerprint density at radius 1 is 1.10 bits per heavy atom. The van der Waals surface area contributed by atoms with Crippen LogP contribution >= 0.6 is 0 Å². The summed E-state index contributed by atoms with van der Waals surface area (Å²) in [5, 5.41) is 0. The normalized spacial score (nSPS) is 17.4. The van der Waals surface area contributed by atoms with Crippen molar-refractivity contribution in [1.29, 1.82) is 0 Å². The topological polar surface area (TPSA) is 32.5 Å². The first-order valence-electron chi connectivity index (χ1n) is 7.21. The number of hydrogen-bond donors (Lipinski definition) is 0. The van der Waals surface area contributed by atoms with Gasteiger partial charge in [-0.2, -0.15) is 0 Å². The quantitative estimate of drug-likeness (QED) is 0.853. The van der Waals surface area contributed by atoms with Gasteiger partial charge in [-0.1, -0.05) is 12.1 Å². The Morgan fingerprint density at radius 2 is 1.85 bits per heavy atom. The molecule has 0 amide bonds. The molecule has 1 aromatic carbocycles. The van der Waals surface area contributed by atoms with Gasteiger partial charge in [0.2, 0.25) is 5.89 Å². The summed E-state index contributed by atoms with van der Waals surface area (Å²) in [5.74, 6) is 0.690. The lowest BCUT2D eigenvalue weighted by atomic mass is 10.1. The van der Waals surface area contributed by atoms with Crippen LogP contribution in [-0.2, 0) is 6.42 Å². The fourth-order valence-corrected chi connectivity index (χ4v) is 2.54. The minimum Gasteiger partial charge on any atom is -0.445 e. The van der Waals surface area contributed by atoms with E-state index in [1.165, 1.54) is 31.7 Å². The van der Waals surface area contributed by atoms with Gasteiger partial charge < -0.3 is 14.2 Å². The number of hydrogen-bond acceptors (Lipinski definition) is 4. The molecule has 0 aliphatic carbocycles. The smallest absolute Gasteiger partial charge is 0.225 e. The second-order valence-corrected chi connectivity index (χ2v) is 5.43. The Hall–Kier alpha value is -1.65. The lowest BCUT2D eigenvalue weighted by Gasteiger charge is -2.32. The van der Waals surface area contributed by atoms with Crippen LogP contribution in [-0.4, -0.2) is 54.6 Å². The third-order valence-corrected chi connectivity index (χ3v) is 3.95. The van der Waals surface area contributed by atoms with Gasteiger partial charge in [-0.25, -0.2) is 4.98 Å². The van der Waals surface area contributed by atoms with Gasteiger partial charge in [0, 0.05) is 38.3 Å². The van der Waals surface area contributed by atoms with Crippen molar-refractivity contribution < 1.29 is 4.42 Å². The van der Waals surface area contributed by atoms with Crippen LogP contribution in [0, 0.1) is 0 Å². The number of likely N-dealkylation sites (N-methyl/N-ethyl adjacent to an activating group) is 1. The van der Waals surface area contributed by atoms with Crippen LogP contribution in [0.3, 0.4) is 0 Å². The second kappa shape index (κ2) is 6.20. The first kappa shape index (κ1) is 13.3. The molecule has 20 heavy (non-hydrogen) atoms. The molecule has 0 spiro atoms. The van der Waals surface area contributed by atoms with Crippen LogP contribution in [0.25, 0.3) is 11.5 Å². The SMILES string of the molecule is CN1CCN(CCc2ccc(-c3ncco3)cc2)CC1. The van der Waals surface area contributed by atoms with Crippen LogP contribution in [0.15, 0.2) is 41.1 Å². The zero-order valence-corrected chi connectivity index (χ0v) is 12.0. The van der Waals surface area contributed by atoms with Crippen molar-refractivity contribution in [3.63, 3.8) is 0 Å². The second-order valence-electron chi connectivity index (χ2n) is 5.43. The highest BCUT2D eigenvalue weighted by atomic mass is 16.3. The van der Waals surface area contributed by atoms with Crippen molar-refractivity contribution in [2.45, 2.75) is 6.42 Å². The molecule has 3 rings (SSSR count). The van der Waals surface area contributed by atoms with Crippen molar-refractivity contribution >= 4 is 0 Å². The number of nitrogens with zero attached hydrogens (tertiary/aromatic N) is 3. The number of benzene rings is 1. The summed E-state index contributed by atoms with van der Waals surface area (Å²) < 4.78 is 5.30. The maximum Gasteiger partial charge on any atom is 0.225 e. The number of aromatic nitrogens is 1. The van der Waals surface area contributed by atoms with Gasteiger partial charge in [0.1, 0.15) is 6.26 Å². The number of oxazole rings is 1. The summed E-state index contributed by atoms with van der Waals surface area (Å²) in [5.41, 5.74) is 2.41. The minimum absolute atomic E-state index is 0.690. The average Bonchev–Trinajstić information content (AvgIpc) is 3.01. The highest BCUT2D eigenvalue weighted by Gasteiger charge is 2.13. The van der Waals surface area contributed by atoms with E-state index in [-0.39, 0.29) is 0 Å². The highest BCUT2D eigenvalue weighted by Crippen LogP contribution is 2.17. The summed E-state index contributed by atoms with van der Waals surface area (Å²) in [6, 6.07) is 8.53. The standard InChI is InChI=1S/C16H21N3O/c1-18-9-11-19(12-10-18)8-6-14-2-4-15(5-3-14)16-17-7-13-20-16/h2-5,7,13H,6,8-12H2,1H3. The van der Waals surface area contributed by atoms with Gasteiger partial charge in [-0.05, 0) is 31.2 Å². The Bertz CT molecular complexity index is 513. The van der Waals surface area contributed by atoms with Gasteiger partial charge in [0.15, 0.2) is 0 Å². The third kappa shape index (κ3) is 3.26. The summed E-state index contributed by atoms with van der Waals surface area (Å²) in [6.07, 6.45) is 4.39. The average molecular weight is 271 g/mol. The summed E-state index contributed by atoms with van der Waals surface area (Å²) >= 11 is 0. The molecule has 0 unspecified atom stereocenters. The maximum absolute atomic E-state index is 5.30. The lowest BCUT2D eigenvalue weighted by molar-refractivity contribution is 0.155. The molecule has 1 aliphatic heterocycles. The van der Waals surface area contributed by atoms with Crippen molar-refractivity contribution in [3.8, 4) is 11.5 Å². The van der Waals surface area contributed by atoms with Crippen molar-refractivity contribution in [1.82, 2.24) is 14.8 Å². The van der Waals surface area contributed by atoms with Crippen LogP contribution in [0.2, 0.25) is 0 Å². The molecule has 106 valence electrons. The van der Waals surface area contributed by atoms with E-state index in [1.54, 1.807) is 12.5 Å². The largest absolute Gasteiger partial charge is 0.445 e. The molecule has 0 atom stereocenters. The monoisotopic (exact) mass is 271 g/mol. The Labute approximate surface area is 120 Å². The molecule has 0 radical (unpaired) electrons. The van der Waals surface area contributed by atoms with E-state index >= 15 is 0 Å². The van der Waals surface area contributed by atoms with E-state index in [0.717, 1.165) is 18.5 Å². The lowest BCUT2D eigenvalue weighted by Crippen LogP contribution is -2.45. The van der Waals surface area contributed by atoms with Gasteiger partial charge in [0.05, 0.1) is 6.20 Å². The molecule has 2 heterocycles. The molecule has 0 bridgehead atoms. The van der Waals surface area contributed by atoms with Crippen molar-refractivity contribution in [2.24, 2.45) is 0 Å². The first-order chi connectivity index (χ1) is 9.81. The molecule has 1 fully saturated rings. The zero-order chi connectivity index (χ0) is 13.8. The van der Waals surface area contributed by atoms with Crippen LogP contribution in [0.5, 0.6) is 0 Å². The zero-order valence-electron chi connectivity index (χ0n) is 12.0. The molecular formula is C16H21N3O. The first-order valence-corrected chi connectivity index (χ1v) is 7.21. The van der Waals surface area contributed by atoms with E-state index in [9.17, 15) is 0 Å². The molecular weight excluding hydrogens is 250 g/mol. The van der Waals surface area contributed by atoms with Gasteiger partial charge >= 0.3 is 0 Å². The predicted molar refractivity (Wildman–Crippen MR) is 79.6 cm³/mol. The van der Waals surface area contributed by atoms with Gasteiger partial charge in [-0.3, -0.25) is 0 Å². The van der Waals surface area contributed by atoms with Crippen LogP contribution in [0.1, 0.15) is 5.56 Å². The predicted octanol–water partition coefficient (Wildman–Crippen LogP) is 2.13. The molecule has 0 N–H and O–H groups in total. The highest BCUT2D eigenvalue weighted by molar-refractivity contribution is 5.53. The van der Waals surface area contributed by atoms with E-state index < -0.39 is 0 Å². The molecule has 2 aromatic rings.